The van der Waals surface area contributed by atoms with Gasteiger partial charge in [-0.15, -0.1) is 0 Å². The van der Waals surface area contributed by atoms with Crippen LogP contribution in [0.25, 0.3) is 0 Å². The predicted molar refractivity (Wildman–Crippen MR) is 96.7 cm³/mol. The first kappa shape index (κ1) is 17.0. The van der Waals surface area contributed by atoms with Gasteiger partial charge in [-0.25, -0.2) is 4.79 Å². The molecule has 25 heavy (non-hydrogen) atoms. The number of anilines is 1. The predicted octanol–water partition coefficient (Wildman–Crippen LogP) is 3.63. The van der Waals surface area contributed by atoms with Crippen LogP contribution < -0.4 is 5.32 Å². The Kier molecular flexibility index (Phi) is 5.03. The van der Waals surface area contributed by atoms with Gasteiger partial charge in [0.2, 0.25) is 0 Å². The van der Waals surface area contributed by atoms with Gasteiger partial charge in [0.15, 0.2) is 0 Å². The van der Waals surface area contributed by atoms with Crippen LogP contribution in [0, 0.1) is 0 Å². The first-order chi connectivity index (χ1) is 12.1. The molecule has 2 aromatic carbocycles. The van der Waals surface area contributed by atoms with Gasteiger partial charge >= 0.3 is 6.09 Å². The fourth-order valence-corrected chi connectivity index (χ4v) is 3.01. The van der Waals surface area contributed by atoms with E-state index in [4.69, 9.17) is 4.74 Å². The van der Waals surface area contributed by atoms with Crippen LogP contribution >= 0.6 is 0 Å². The first-order valence-corrected chi connectivity index (χ1v) is 8.45. The maximum absolute atomic E-state index is 12.4. The molecule has 130 valence electrons. The number of carbonyl (C=O) groups is 2. The number of nitrogens with zero attached hydrogens (tertiary/aromatic N) is 1. The summed E-state index contributed by atoms with van der Waals surface area (Å²) < 4.78 is 4.79. The largest absolute Gasteiger partial charge is 0.453 e. The summed E-state index contributed by atoms with van der Waals surface area (Å²) in [7, 11) is 1.39. The molecule has 0 unspecified atom stereocenters. The Morgan fingerprint density at radius 1 is 1.12 bits per heavy atom. The maximum atomic E-state index is 12.4. The van der Waals surface area contributed by atoms with Crippen LogP contribution in [-0.4, -0.2) is 30.6 Å². The number of rotatable bonds is 3. The van der Waals surface area contributed by atoms with E-state index < -0.39 is 0 Å². The van der Waals surface area contributed by atoms with Crippen molar-refractivity contribution in [3.05, 3.63) is 64.7 Å². The summed E-state index contributed by atoms with van der Waals surface area (Å²) in [5.41, 5.74) is 4.80. The smallest absolute Gasteiger partial charge is 0.409 e. The summed E-state index contributed by atoms with van der Waals surface area (Å²) in [5, 5.41) is 2.93. The third-order valence-corrected chi connectivity index (χ3v) is 4.53. The highest BCUT2D eigenvalue weighted by molar-refractivity contribution is 6.04. The average molecular weight is 338 g/mol. The minimum absolute atomic E-state index is 0.136. The van der Waals surface area contributed by atoms with Crippen molar-refractivity contribution in [1.29, 1.82) is 0 Å². The molecule has 0 saturated carbocycles. The van der Waals surface area contributed by atoms with Crippen molar-refractivity contribution in [2.75, 3.05) is 19.0 Å². The van der Waals surface area contributed by atoms with E-state index in [9.17, 15) is 9.59 Å². The quantitative estimate of drug-likeness (QED) is 0.930. The lowest BCUT2D eigenvalue weighted by atomic mass is 9.99. The Labute approximate surface area is 147 Å². The summed E-state index contributed by atoms with van der Waals surface area (Å²) >= 11 is 0. The van der Waals surface area contributed by atoms with Crippen molar-refractivity contribution in [2.24, 2.45) is 0 Å². The molecule has 2 aromatic rings. The van der Waals surface area contributed by atoms with Gasteiger partial charge in [-0.2, -0.15) is 0 Å². The standard InChI is InChI=1S/C20H22N2O3/c1-3-14-4-6-16(7-5-14)19(23)21-18-9-8-15-10-11-22(20(24)25-2)13-17(15)12-18/h4-9,12H,3,10-11,13H2,1-2H3,(H,21,23). The Balaban J connectivity index is 1.73. The number of hydrogen-bond acceptors (Lipinski definition) is 3. The minimum atomic E-state index is -0.323. The molecule has 0 radical (unpaired) electrons. The molecule has 3 rings (SSSR count). The molecule has 0 fully saturated rings. The first-order valence-electron chi connectivity index (χ1n) is 8.45. The van der Waals surface area contributed by atoms with Crippen molar-refractivity contribution >= 4 is 17.7 Å². The molecule has 0 bridgehead atoms. The van der Waals surface area contributed by atoms with Gasteiger partial charge < -0.3 is 15.0 Å². The number of nitrogens with one attached hydrogen (secondary N) is 1. The van der Waals surface area contributed by atoms with Crippen LogP contribution in [0.15, 0.2) is 42.5 Å². The van der Waals surface area contributed by atoms with Crippen LogP contribution in [-0.2, 0) is 24.1 Å². The Morgan fingerprint density at radius 2 is 1.88 bits per heavy atom. The van der Waals surface area contributed by atoms with E-state index in [0.29, 0.717) is 18.7 Å². The molecular weight excluding hydrogens is 316 g/mol. The van der Waals surface area contributed by atoms with E-state index in [0.717, 1.165) is 24.1 Å². The van der Waals surface area contributed by atoms with E-state index in [1.807, 2.05) is 42.5 Å². The number of methoxy groups -OCH3 is 1. The third-order valence-electron chi connectivity index (χ3n) is 4.53. The van der Waals surface area contributed by atoms with E-state index in [-0.39, 0.29) is 12.0 Å². The van der Waals surface area contributed by atoms with Crippen molar-refractivity contribution in [2.45, 2.75) is 26.3 Å². The number of ether oxygens (including phenoxy) is 1. The second-order valence-electron chi connectivity index (χ2n) is 6.13. The summed E-state index contributed by atoms with van der Waals surface area (Å²) in [5.74, 6) is -0.136. The van der Waals surface area contributed by atoms with Gasteiger partial charge in [0.25, 0.3) is 5.91 Å². The van der Waals surface area contributed by atoms with Crippen LogP contribution in [0.4, 0.5) is 10.5 Å². The molecule has 0 spiro atoms. The summed E-state index contributed by atoms with van der Waals surface area (Å²) in [6.45, 7) is 3.23. The Bertz CT molecular complexity index is 784. The number of carbonyl (C=O) groups excluding carboxylic acids is 2. The molecule has 0 saturated heterocycles. The highest BCUT2D eigenvalue weighted by Gasteiger charge is 2.21. The molecule has 5 heteroatoms. The Hall–Kier alpha value is -2.82. The molecule has 5 nitrogen and oxygen atoms in total. The topological polar surface area (TPSA) is 58.6 Å². The van der Waals surface area contributed by atoms with Crippen LogP contribution in [0.3, 0.4) is 0 Å². The zero-order valence-corrected chi connectivity index (χ0v) is 14.5. The number of amides is 2. The molecule has 0 aromatic heterocycles. The van der Waals surface area contributed by atoms with Crippen LogP contribution in [0.5, 0.6) is 0 Å². The average Bonchev–Trinajstić information content (AvgIpc) is 2.66. The van der Waals surface area contributed by atoms with Gasteiger partial charge in [0.05, 0.1) is 7.11 Å². The van der Waals surface area contributed by atoms with Gasteiger partial charge in [-0.1, -0.05) is 25.1 Å². The monoisotopic (exact) mass is 338 g/mol. The van der Waals surface area contributed by atoms with Gasteiger partial charge in [-0.05, 0) is 53.8 Å². The summed E-state index contributed by atoms with van der Waals surface area (Å²) in [6.07, 6.45) is 1.41. The lowest BCUT2D eigenvalue weighted by Crippen LogP contribution is -2.35. The highest BCUT2D eigenvalue weighted by atomic mass is 16.5. The molecule has 1 aliphatic heterocycles. The van der Waals surface area contributed by atoms with Crippen molar-refractivity contribution < 1.29 is 14.3 Å². The zero-order valence-electron chi connectivity index (χ0n) is 14.5. The molecule has 1 aliphatic rings. The third kappa shape index (κ3) is 3.82. The second-order valence-corrected chi connectivity index (χ2v) is 6.13. The summed E-state index contributed by atoms with van der Waals surface area (Å²) in [6, 6.07) is 13.5. The molecule has 0 aliphatic carbocycles. The van der Waals surface area contributed by atoms with Crippen LogP contribution in [0.1, 0.15) is 34.0 Å². The SMILES string of the molecule is CCc1ccc(C(=O)Nc2ccc3c(c2)CN(C(=O)OC)CC3)cc1. The van der Waals surface area contributed by atoms with E-state index in [2.05, 4.69) is 12.2 Å². The van der Waals surface area contributed by atoms with Gasteiger partial charge in [0, 0.05) is 24.3 Å². The van der Waals surface area contributed by atoms with E-state index >= 15 is 0 Å². The Morgan fingerprint density at radius 3 is 2.56 bits per heavy atom. The molecule has 1 heterocycles. The number of aryl methyl sites for hydroxylation is 1. The van der Waals surface area contributed by atoms with Crippen molar-refractivity contribution in [3.8, 4) is 0 Å². The molecule has 2 amide bonds. The van der Waals surface area contributed by atoms with Crippen LogP contribution in [0.2, 0.25) is 0 Å². The molecular formula is C20H22N2O3. The zero-order chi connectivity index (χ0) is 17.8. The number of fused-ring (bicyclic) bond motifs is 1. The summed E-state index contributed by atoms with van der Waals surface area (Å²) in [4.78, 5) is 25.8. The lowest BCUT2D eigenvalue weighted by molar-refractivity contribution is 0.102. The maximum Gasteiger partial charge on any atom is 0.409 e. The lowest BCUT2D eigenvalue weighted by Gasteiger charge is -2.28. The highest BCUT2D eigenvalue weighted by Crippen LogP contribution is 2.23. The number of benzene rings is 2. The fraction of sp³-hybridized carbons (Fsp3) is 0.300. The van der Waals surface area contributed by atoms with Gasteiger partial charge in [0.1, 0.15) is 0 Å². The molecule has 1 N–H and O–H groups in total. The minimum Gasteiger partial charge on any atom is -0.453 e. The van der Waals surface area contributed by atoms with Crippen molar-refractivity contribution in [1.82, 2.24) is 4.90 Å². The van der Waals surface area contributed by atoms with Gasteiger partial charge in [-0.3, -0.25) is 4.79 Å². The normalized spacial score (nSPS) is 13.1. The van der Waals surface area contributed by atoms with E-state index in [1.165, 1.54) is 18.2 Å². The second kappa shape index (κ2) is 7.38. The fourth-order valence-electron chi connectivity index (χ4n) is 3.01. The van der Waals surface area contributed by atoms with E-state index in [1.54, 1.807) is 4.90 Å². The molecule has 0 atom stereocenters. The van der Waals surface area contributed by atoms with Crippen molar-refractivity contribution in [3.63, 3.8) is 0 Å². The number of hydrogen-bond donors (Lipinski definition) is 1.